The Labute approximate surface area is 152 Å². The van der Waals surface area contributed by atoms with Crippen LogP contribution in [0.15, 0.2) is 41.4 Å². The molecule has 0 amide bonds. The highest BCUT2D eigenvalue weighted by Crippen LogP contribution is 2.14. The maximum atomic E-state index is 13.3. The predicted octanol–water partition coefficient (Wildman–Crippen LogP) is 3.48. The number of nitrogens with zero attached hydrogens (tertiary/aromatic N) is 1. The fourth-order valence-corrected chi connectivity index (χ4v) is 2.26. The van der Waals surface area contributed by atoms with E-state index in [0.717, 1.165) is 22.4 Å². The predicted molar refractivity (Wildman–Crippen MR) is 103 cm³/mol. The van der Waals surface area contributed by atoms with Crippen LogP contribution in [-0.4, -0.2) is 11.1 Å². The van der Waals surface area contributed by atoms with Gasteiger partial charge in [0.1, 0.15) is 5.82 Å². The van der Waals surface area contributed by atoms with Gasteiger partial charge in [-0.15, -0.1) is 24.0 Å². The van der Waals surface area contributed by atoms with Crippen molar-refractivity contribution in [3.63, 3.8) is 0 Å². The molecule has 0 atom stereocenters. The third kappa shape index (κ3) is 5.80. The Hall–Kier alpha value is -1.67. The number of hydrogen-bond acceptors (Lipinski definition) is 2. The maximum absolute atomic E-state index is 13.3. The van der Waals surface area contributed by atoms with Crippen LogP contribution >= 0.6 is 24.0 Å². The molecular formula is C17H21FIN3O. The first-order chi connectivity index (χ1) is 10.5. The third-order valence-electron chi connectivity index (χ3n) is 3.21. The largest absolute Gasteiger partial charge is 0.392 e. The lowest BCUT2D eigenvalue weighted by molar-refractivity contribution is 0.275. The molecule has 0 spiro atoms. The van der Waals surface area contributed by atoms with Crippen molar-refractivity contribution in [2.24, 2.45) is 10.7 Å². The van der Waals surface area contributed by atoms with Gasteiger partial charge in [-0.1, -0.05) is 12.1 Å². The summed E-state index contributed by atoms with van der Waals surface area (Å²) in [5.74, 6) is -0.128. The molecule has 0 bridgehead atoms. The number of benzene rings is 2. The lowest BCUT2D eigenvalue weighted by Gasteiger charge is -2.08. The van der Waals surface area contributed by atoms with E-state index in [9.17, 15) is 4.39 Å². The van der Waals surface area contributed by atoms with Crippen LogP contribution < -0.4 is 11.1 Å². The first-order valence-corrected chi connectivity index (χ1v) is 7.01. The van der Waals surface area contributed by atoms with E-state index in [1.165, 1.54) is 6.07 Å². The highest BCUT2D eigenvalue weighted by Gasteiger charge is 2.03. The van der Waals surface area contributed by atoms with Crippen LogP contribution in [0, 0.1) is 19.7 Å². The van der Waals surface area contributed by atoms with Gasteiger partial charge in [0.05, 0.1) is 13.2 Å². The van der Waals surface area contributed by atoms with E-state index in [4.69, 9.17) is 10.8 Å². The number of nitrogens with two attached hydrogens (primary N) is 1. The molecule has 0 saturated heterocycles. The van der Waals surface area contributed by atoms with Gasteiger partial charge in [0, 0.05) is 11.3 Å². The van der Waals surface area contributed by atoms with Crippen LogP contribution in [0.5, 0.6) is 0 Å². The standard InChI is InChI=1S/C17H20FN3O.HI/c1-11-5-12(2)7-15(6-11)21-17(19)20-9-13-3-4-16(18)14(8-13)10-22;/h3-8,22H,9-10H2,1-2H3,(H3,19,20,21);1H. The molecule has 2 aromatic carbocycles. The number of rotatable bonds is 4. The summed E-state index contributed by atoms with van der Waals surface area (Å²) in [6.45, 7) is 4.01. The SMILES string of the molecule is Cc1cc(C)cc(NC(N)=NCc2ccc(F)c(CO)c2)c1.I. The van der Waals surface area contributed by atoms with Gasteiger partial charge in [-0.25, -0.2) is 9.38 Å². The van der Waals surface area contributed by atoms with Crippen molar-refractivity contribution in [2.45, 2.75) is 27.0 Å². The van der Waals surface area contributed by atoms with Crippen molar-refractivity contribution in [3.8, 4) is 0 Å². The third-order valence-corrected chi connectivity index (χ3v) is 3.21. The molecule has 124 valence electrons. The Bertz CT molecular complexity index is 684. The molecule has 0 aliphatic rings. The van der Waals surface area contributed by atoms with Gasteiger partial charge < -0.3 is 16.2 Å². The van der Waals surface area contributed by atoms with Gasteiger partial charge in [-0.05, 0) is 54.8 Å². The van der Waals surface area contributed by atoms with Crippen LogP contribution in [0.2, 0.25) is 0 Å². The van der Waals surface area contributed by atoms with Gasteiger partial charge >= 0.3 is 0 Å². The van der Waals surface area contributed by atoms with Crippen LogP contribution in [0.25, 0.3) is 0 Å². The van der Waals surface area contributed by atoms with Crippen LogP contribution in [-0.2, 0) is 13.2 Å². The van der Waals surface area contributed by atoms with Crippen LogP contribution in [0.3, 0.4) is 0 Å². The maximum Gasteiger partial charge on any atom is 0.193 e. The molecule has 0 aliphatic heterocycles. The number of aliphatic hydroxyl groups is 1. The van der Waals surface area contributed by atoms with E-state index in [-0.39, 0.29) is 36.1 Å². The quantitative estimate of drug-likeness (QED) is 0.396. The zero-order chi connectivity index (χ0) is 16.1. The number of aliphatic imine (C=N–C) groups is 1. The zero-order valence-corrected chi connectivity index (χ0v) is 15.5. The van der Waals surface area contributed by atoms with Crippen molar-refractivity contribution >= 4 is 35.6 Å². The summed E-state index contributed by atoms with van der Waals surface area (Å²) in [7, 11) is 0. The normalized spacial score (nSPS) is 11.0. The van der Waals surface area contributed by atoms with E-state index in [1.807, 2.05) is 26.0 Å². The van der Waals surface area contributed by atoms with Gasteiger partial charge in [0.15, 0.2) is 5.96 Å². The Kier molecular flexibility index (Phi) is 7.44. The van der Waals surface area contributed by atoms with Crippen molar-refractivity contribution in [2.75, 3.05) is 5.32 Å². The van der Waals surface area contributed by atoms with Crippen molar-refractivity contribution in [3.05, 3.63) is 64.5 Å². The second-order valence-electron chi connectivity index (χ2n) is 5.29. The van der Waals surface area contributed by atoms with Crippen LogP contribution in [0.4, 0.5) is 10.1 Å². The second kappa shape index (κ2) is 8.83. The van der Waals surface area contributed by atoms with Gasteiger partial charge in [-0.2, -0.15) is 0 Å². The van der Waals surface area contributed by atoms with Gasteiger partial charge in [0.2, 0.25) is 0 Å². The topological polar surface area (TPSA) is 70.6 Å². The molecule has 2 aromatic rings. The van der Waals surface area contributed by atoms with Crippen molar-refractivity contribution < 1.29 is 9.50 Å². The summed E-state index contributed by atoms with van der Waals surface area (Å²) in [6.07, 6.45) is 0. The van der Waals surface area contributed by atoms with Crippen molar-refractivity contribution in [1.82, 2.24) is 0 Å². The minimum absolute atomic E-state index is 0. The van der Waals surface area contributed by atoms with Gasteiger partial charge in [-0.3, -0.25) is 0 Å². The monoisotopic (exact) mass is 429 g/mol. The molecule has 4 N–H and O–H groups in total. The number of halogens is 2. The second-order valence-corrected chi connectivity index (χ2v) is 5.29. The smallest absolute Gasteiger partial charge is 0.193 e. The van der Waals surface area contributed by atoms with Crippen LogP contribution in [0.1, 0.15) is 22.3 Å². The molecule has 0 aromatic heterocycles. The van der Waals surface area contributed by atoms with E-state index >= 15 is 0 Å². The molecular weight excluding hydrogens is 408 g/mol. The summed E-state index contributed by atoms with van der Waals surface area (Å²) in [5, 5.41) is 12.1. The first kappa shape index (κ1) is 19.4. The van der Waals surface area contributed by atoms with E-state index in [2.05, 4.69) is 16.4 Å². The fourth-order valence-electron chi connectivity index (χ4n) is 2.26. The molecule has 0 radical (unpaired) electrons. The summed E-state index contributed by atoms with van der Waals surface area (Å²) in [4.78, 5) is 4.23. The molecule has 0 saturated carbocycles. The average Bonchev–Trinajstić information content (AvgIpc) is 2.45. The Morgan fingerprint density at radius 1 is 1.17 bits per heavy atom. The molecule has 23 heavy (non-hydrogen) atoms. The molecule has 2 rings (SSSR count). The number of guanidine groups is 1. The summed E-state index contributed by atoms with van der Waals surface area (Å²) >= 11 is 0. The average molecular weight is 429 g/mol. The molecule has 0 aliphatic carbocycles. The molecule has 0 fully saturated rings. The Balaban J connectivity index is 0.00000264. The fraction of sp³-hybridized carbons (Fsp3) is 0.235. The molecule has 4 nitrogen and oxygen atoms in total. The molecule has 0 heterocycles. The van der Waals surface area contributed by atoms with E-state index < -0.39 is 5.82 Å². The number of nitrogens with one attached hydrogen (secondary N) is 1. The van der Waals surface area contributed by atoms with E-state index in [0.29, 0.717) is 12.5 Å². The number of anilines is 1. The zero-order valence-electron chi connectivity index (χ0n) is 13.1. The molecule has 6 heteroatoms. The van der Waals surface area contributed by atoms with Crippen molar-refractivity contribution in [1.29, 1.82) is 0 Å². The van der Waals surface area contributed by atoms with Gasteiger partial charge in [0.25, 0.3) is 0 Å². The number of aryl methyl sites for hydroxylation is 2. The highest BCUT2D eigenvalue weighted by atomic mass is 127. The van der Waals surface area contributed by atoms with E-state index in [1.54, 1.807) is 12.1 Å². The summed E-state index contributed by atoms with van der Waals surface area (Å²) in [6, 6.07) is 10.6. The highest BCUT2D eigenvalue weighted by molar-refractivity contribution is 14.0. The number of hydrogen-bond donors (Lipinski definition) is 3. The Morgan fingerprint density at radius 3 is 2.43 bits per heavy atom. The summed E-state index contributed by atoms with van der Waals surface area (Å²) in [5.41, 5.74) is 10.1. The first-order valence-electron chi connectivity index (χ1n) is 7.01. The molecule has 0 unspecified atom stereocenters. The lowest BCUT2D eigenvalue weighted by Crippen LogP contribution is -2.22. The number of aliphatic hydroxyl groups excluding tert-OH is 1. The minimum Gasteiger partial charge on any atom is -0.392 e. The summed E-state index contributed by atoms with van der Waals surface area (Å²) < 4.78 is 13.3. The lowest BCUT2D eigenvalue weighted by atomic mass is 10.1. The minimum atomic E-state index is -0.420. The Morgan fingerprint density at radius 2 is 1.83 bits per heavy atom.